The first kappa shape index (κ1) is 14.3. The summed E-state index contributed by atoms with van der Waals surface area (Å²) in [5.41, 5.74) is 0.966. The predicted molar refractivity (Wildman–Crippen MR) is 78.1 cm³/mol. The van der Waals surface area contributed by atoms with Crippen LogP contribution in [-0.2, 0) is 11.8 Å². The van der Waals surface area contributed by atoms with E-state index in [-0.39, 0.29) is 0 Å². The Balaban J connectivity index is 2.11. The van der Waals surface area contributed by atoms with Crippen LogP contribution < -0.4 is 9.64 Å². The summed E-state index contributed by atoms with van der Waals surface area (Å²) in [4.78, 5) is 6.43. The first-order valence-corrected chi connectivity index (χ1v) is 6.42. The molecule has 108 valence electrons. The van der Waals surface area contributed by atoms with Crippen molar-refractivity contribution in [3.63, 3.8) is 0 Å². The van der Waals surface area contributed by atoms with Gasteiger partial charge in [-0.3, -0.25) is 0 Å². The van der Waals surface area contributed by atoms with Gasteiger partial charge in [0, 0.05) is 33.8 Å². The van der Waals surface area contributed by atoms with Crippen molar-refractivity contribution >= 4 is 5.95 Å². The number of aryl methyl sites for hydroxylation is 1. The molecule has 0 spiro atoms. The quantitative estimate of drug-likeness (QED) is 0.750. The number of benzene rings is 1. The number of methoxy groups -OCH3 is 1. The van der Waals surface area contributed by atoms with Crippen LogP contribution in [0.15, 0.2) is 24.3 Å². The Morgan fingerprint density at radius 1 is 1.15 bits per heavy atom. The number of ether oxygens (including phenoxy) is 2. The molecule has 0 amide bonds. The molecule has 0 N–H and O–H groups in total. The Morgan fingerprint density at radius 2 is 1.85 bits per heavy atom. The summed E-state index contributed by atoms with van der Waals surface area (Å²) in [6.45, 7) is 1.12. The van der Waals surface area contributed by atoms with Crippen molar-refractivity contribution in [2.24, 2.45) is 7.05 Å². The molecule has 2 rings (SSSR count). The maximum Gasteiger partial charge on any atom is 0.223 e. The first-order chi connectivity index (χ1) is 9.61. The van der Waals surface area contributed by atoms with Crippen molar-refractivity contribution < 1.29 is 9.47 Å². The third-order valence-electron chi connectivity index (χ3n) is 2.81. The summed E-state index contributed by atoms with van der Waals surface area (Å²) in [7, 11) is 7.43. The number of hydrogen-bond acceptors (Lipinski definition) is 5. The number of anilines is 1. The van der Waals surface area contributed by atoms with E-state index in [1.54, 1.807) is 11.8 Å². The molecule has 1 heterocycles. The van der Waals surface area contributed by atoms with E-state index in [0.29, 0.717) is 19.0 Å². The molecule has 6 nitrogen and oxygen atoms in total. The minimum absolute atomic E-state index is 0.544. The fraction of sp³-hybridized carbons (Fsp3) is 0.429. The lowest BCUT2D eigenvalue weighted by atomic mass is 10.2. The molecule has 2 aromatic rings. The highest BCUT2D eigenvalue weighted by molar-refractivity contribution is 5.57. The lowest BCUT2D eigenvalue weighted by Gasteiger charge is -2.08. The van der Waals surface area contributed by atoms with Gasteiger partial charge in [0.1, 0.15) is 12.4 Å². The average molecular weight is 276 g/mol. The highest BCUT2D eigenvalue weighted by atomic mass is 16.5. The Hall–Kier alpha value is -2.08. The van der Waals surface area contributed by atoms with Gasteiger partial charge in [0.2, 0.25) is 5.95 Å². The monoisotopic (exact) mass is 276 g/mol. The summed E-state index contributed by atoms with van der Waals surface area (Å²) in [5, 5.41) is 4.41. The highest BCUT2D eigenvalue weighted by Crippen LogP contribution is 2.21. The maximum atomic E-state index is 5.53. The van der Waals surface area contributed by atoms with Crippen molar-refractivity contribution in [3.05, 3.63) is 24.3 Å². The van der Waals surface area contributed by atoms with Crippen LogP contribution in [0.1, 0.15) is 0 Å². The summed E-state index contributed by atoms with van der Waals surface area (Å²) in [5.74, 6) is 2.34. The van der Waals surface area contributed by atoms with Crippen LogP contribution in [-0.4, -0.2) is 49.2 Å². The third kappa shape index (κ3) is 3.27. The van der Waals surface area contributed by atoms with Gasteiger partial charge in [-0.2, -0.15) is 4.98 Å². The minimum atomic E-state index is 0.544. The number of rotatable bonds is 6. The third-order valence-corrected chi connectivity index (χ3v) is 2.81. The molecule has 0 atom stereocenters. The van der Waals surface area contributed by atoms with Crippen molar-refractivity contribution in [2.75, 3.05) is 39.3 Å². The molecule has 0 saturated carbocycles. The normalized spacial score (nSPS) is 10.6. The second-order valence-electron chi connectivity index (χ2n) is 4.62. The lowest BCUT2D eigenvalue weighted by Crippen LogP contribution is -2.14. The molecule has 0 aliphatic heterocycles. The SMILES string of the molecule is COCCOc1ccc(-c2nc(N(C)C)n(C)n2)cc1. The second-order valence-corrected chi connectivity index (χ2v) is 4.62. The minimum Gasteiger partial charge on any atom is -0.491 e. The molecule has 0 saturated heterocycles. The molecule has 1 aromatic heterocycles. The van der Waals surface area contributed by atoms with Crippen LogP contribution >= 0.6 is 0 Å². The first-order valence-electron chi connectivity index (χ1n) is 6.42. The van der Waals surface area contributed by atoms with Crippen LogP contribution in [0.4, 0.5) is 5.95 Å². The van der Waals surface area contributed by atoms with Crippen LogP contribution in [0.25, 0.3) is 11.4 Å². The molecule has 1 aromatic carbocycles. The van der Waals surface area contributed by atoms with Gasteiger partial charge in [0.05, 0.1) is 6.61 Å². The zero-order valence-electron chi connectivity index (χ0n) is 12.3. The summed E-state index contributed by atoms with van der Waals surface area (Å²) >= 11 is 0. The van der Waals surface area contributed by atoms with Gasteiger partial charge in [-0.15, -0.1) is 5.10 Å². The van der Waals surface area contributed by atoms with Crippen LogP contribution in [0.3, 0.4) is 0 Å². The van der Waals surface area contributed by atoms with Crippen LogP contribution in [0, 0.1) is 0 Å². The molecular formula is C14H20N4O2. The van der Waals surface area contributed by atoms with E-state index >= 15 is 0 Å². The van der Waals surface area contributed by atoms with Crippen molar-refractivity contribution in [1.82, 2.24) is 14.8 Å². The topological polar surface area (TPSA) is 52.4 Å². The molecule has 0 fully saturated rings. The predicted octanol–water partition coefficient (Wildman–Crippen LogP) is 1.57. The fourth-order valence-corrected chi connectivity index (χ4v) is 1.83. The van der Waals surface area contributed by atoms with E-state index in [1.165, 1.54) is 0 Å². The van der Waals surface area contributed by atoms with Crippen LogP contribution in [0.5, 0.6) is 5.75 Å². The Labute approximate surface area is 118 Å². The van der Waals surface area contributed by atoms with E-state index < -0.39 is 0 Å². The number of hydrogen-bond donors (Lipinski definition) is 0. The van der Waals surface area contributed by atoms with Gasteiger partial charge in [-0.1, -0.05) is 0 Å². The molecule has 0 radical (unpaired) electrons. The Bertz CT molecular complexity index is 549. The molecule has 20 heavy (non-hydrogen) atoms. The number of nitrogens with zero attached hydrogens (tertiary/aromatic N) is 4. The molecule has 0 aliphatic rings. The van der Waals surface area contributed by atoms with E-state index in [2.05, 4.69) is 10.1 Å². The van der Waals surface area contributed by atoms with Gasteiger partial charge in [0.25, 0.3) is 0 Å². The maximum absolute atomic E-state index is 5.53. The highest BCUT2D eigenvalue weighted by Gasteiger charge is 2.10. The second kappa shape index (κ2) is 6.38. The summed E-state index contributed by atoms with van der Waals surface area (Å²) in [6.07, 6.45) is 0. The van der Waals surface area contributed by atoms with Crippen molar-refractivity contribution in [3.8, 4) is 17.1 Å². The summed E-state index contributed by atoms with van der Waals surface area (Å²) < 4.78 is 12.2. The molecule has 0 bridgehead atoms. The zero-order valence-corrected chi connectivity index (χ0v) is 12.3. The molecule has 0 unspecified atom stereocenters. The standard InChI is InChI=1S/C14H20N4O2/c1-17(2)14-15-13(16-18(14)3)11-5-7-12(8-6-11)20-10-9-19-4/h5-8H,9-10H2,1-4H3. The van der Waals surface area contributed by atoms with Crippen molar-refractivity contribution in [2.45, 2.75) is 0 Å². The number of aromatic nitrogens is 3. The van der Waals surface area contributed by atoms with Crippen LogP contribution in [0.2, 0.25) is 0 Å². The van der Waals surface area contributed by atoms with Crippen molar-refractivity contribution in [1.29, 1.82) is 0 Å². The van der Waals surface area contributed by atoms with Gasteiger partial charge < -0.3 is 14.4 Å². The van der Waals surface area contributed by atoms with Gasteiger partial charge >= 0.3 is 0 Å². The molecule has 0 aliphatic carbocycles. The van der Waals surface area contributed by atoms with Gasteiger partial charge in [-0.05, 0) is 24.3 Å². The average Bonchev–Trinajstić information content (AvgIpc) is 2.82. The largest absolute Gasteiger partial charge is 0.491 e. The zero-order chi connectivity index (χ0) is 14.5. The molecular weight excluding hydrogens is 256 g/mol. The van der Waals surface area contributed by atoms with E-state index in [9.17, 15) is 0 Å². The van der Waals surface area contributed by atoms with Gasteiger partial charge in [0.15, 0.2) is 5.82 Å². The lowest BCUT2D eigenvalue weighted by molar-refractivity contribution is 0.146. The fourth-order valence-electron chi connectivity index (χ4n) is 1.83. The van der Waals surface area contributed by atoms with E-state index in [4.69, 9.17) is 9.47 Å². The smallest absolute Gasteiger partial charge is 0.223 e. The van der Waals surface area contributed by atoms with Gasteiger partial charge in [-0.25, -0.2) is 4.68 Å². The summed E-state index contributed by atoms with van der Waals surface area (Å²) in [6, 6.07) is 7.74. The Morgan fingerprint density at radius 3 is 2.40 bits per heavy atom. The van der Waals surface area contributed by atoms with E-state index in [0.717, 1.165) is 17.3 Å². The molecule has 6 heteroatoms. The van der Waals surface area contributed by atoms with E-state index in [1.807, 2.05) is 50.3 Å². The Kier molecular flexibility index (Phi) is 4.57.